The number of aromatic nitrogens is 2. The van der Waals surface area contributed by atoms with Crippen molar-refractivity contribution in [2.24, 2.45) is 0 Å². The zero-order valence-corrected chi connectivity index (χ0v) is 14.3. The Morgan fingerprint density at radius 3 is 2.85 bits per heavy atom. The molecule has 1 N–H and O–H groups in total. The van der Waals surface area contributed by atoms with Gasteiger partial charge in [0.05, 0.1) is 18.8 Å². The van der Waals surface area contributed by atoms with E-state index in [4.69, 9.17) is 4.74 Å². The van der Waals surface area contributed by atoms with Crippen molar-refractivity contribution in [2.75, 3.05) is 18.0 Å². The Bertz CT molecular complexity index is 1040. The predicted molar refractivity (Wildman–Crippen MR) is 93.5 cm³/mol. The minimum Gasteiger partial charge on any atom is -0.442 e. The number of carbonyl (C=O) groups excluding carboxylic acids is 2. The predicted octanol–water partition coefficient (Wildman–Crippen LogP) is 2.49. The van der Waals surface area contributed by atoms with Crippen LogP contribution >= 0.6 is 0 Å². The van der Waals surface area contributed by atoms with Crippen molar-refractivity contribution in [1.29, 1.82) is 0 Å². The highest BCUT2D eigenvalue weighted by Gasteiger charge is 2.32. The molecule has 1 aromatic heterocycles. The van der Waals surface area contributed by atoms with Gasteiger partial charge in [-0.05, 0) is 46.2 Å². The third-order valence-corrected chi connectivity index (χ3v) is 4.28. The van der Waals surface area contributed by atoms with E-state index in [2.05, 4.69) is 20.3 Å². The zero-order chi connectivity index (χ0) is 19.0. The third kappa shape index (κ3) is 3.31. The van der Waals surface area contributed by atoms with Gasteiger partial charge in [-0.15, -0.1) is 0 Å². The molecule has 2 amide bonds. The Balaban J connectivity index is 1.56. The second-order valence-corrected chi connectivity index (χ2v) is 6.19. The van der Waals surface area contributed by atoms with E-state index in [0.29, 0.717) is 27.8 Å². The van der Waals surface area contributed by atoms with Gasteiger partial charge in [-0.2, -0.15) is 0 Å². The largest absolute Gasteiger partial charge is 0.442 e. The number of halogens is 1. The molecular formula is C18H15FN4O4. The molecule has 9 heteroatoms. The Morgan fingerprint density at radius 1 is 1.26 bits per heavy atom. The lowest BCUT2D eigenvalue weighted by atomic mass is 10.0. The van der Waals surface area contributed by atoms with Gasteiger partial charge < -0.3 is 10.1 Å². The maximum absolute atomic E-state index is 14.7. The molecule has 0 bridgehead atoms. The van der Waals surface area contributed by atoms with Crippen molar-refractivity contribution in [1.82, 2.24) is 15.6 Å². The molecule has 2 aromatic carbocycles. The molecule has 27 heavy (non-hydrogen) atoms. The van der Waals surface area contributed by atoms with Crippen molar-refractivity contribution in [3.63, 3.8) is 0 Å². The molecule has 0 aliphatic carbocycles. The van der Waals surface area contributed by atoms with Gasteiger partial charge in [0.25, 0.3) is 0 Å². The molecule has 4 rings (SSSR count). The van der Waals surface area contributed by atoms with Gasteiger partial charge in [-0.25, -0.2) is 13.8 Å². The van der Waals surface area contributed by atoms with E-state index in [1.54, 1.807) is 30.3 Å². The van der Waals surface area contributed by atoms with Gasteiger partial charge in [-0.3, -0.25) is 9.69 Å². The van der Waals surface area contributed by atoms with E-state index in [9.17, 15) is 14.0 Å². The van der Waals surface area contributed by atoms with Crippen molar-refractivity contribution >= 4 is 28.7 Å². The monoisotopic (exact) mass is 370 g/mol. The topological polar surface area (TPSA) is 97.6 Å². The quantitative estimate of drug-likeness (QED) is 0.758. The van der Waals surface area contributed by atoms with E-state index in [0.717, 1.165) is 0 Å². The maximum Gasteiger partial charge on any atom is 0.414 e. The summed E-state index contributed by atoms with van der Waals surface area (Å²) in [6.45, 7) is 1.83. The molecule has 2 heterocycles. The average Bonchev–Trinajstić information content (AvgIpc) is 3.25. The molecule has 0 spiro atoms. The fourth-order valence-electron chi connectivity index (χ4n) is 2.95. The molecule has 1 saturated heterocycles. The van der Waals surface area contributed by atoms with Crippen molar-refractivity contribution in [3.8, 4) is 11.1 Å². The highest BCUT2D eigenvalue weighted by Crippen LogP contribution is 2.30. The number of ether oxygens (including phenoxy) is 1. The molecule has 138 valence electrons. The number of hydrogen-bond acceptors (Lipinski definition) is 6. The molecule has 1 atom stereocenters. The van der Waals surface area contributed by atoms with Crippen LogP contribution in [0.1, 0.15) is 6.92 Å². The number of nitrogens with zero attached hydrogens (tertiary/aromatic N) is 3. The van der Waals surface area contributed by atoms with Crippen LogP contribution in [0.5, 0.6) is 0 Å². The number of amides is 2. The van der Waals surface area contributed by atoms with Gasteiger partial charge in [0.2, 0.25) is 5.91 Å². The number of rotatable bonds is 4. The standard InChI is InChI=1S/C18H15FN4O4/c1-10(24)20-8-13-9-23(18(25)26-13)12-3-4-14(15(19)7-12)11-2-5-16-17(6-11)22-27-21-16/h2-7,13H,8-9H2,1H3,(H,20,24)/t13-/m0/s1. The van der Waals surface area contributed by atoms with Crippen LogP contribution in [0.3, 0.4) is 0 Å². The van der Waals surface area contributed by atoms with Crippen LogP contribution in [-0.4, -0.2) is 41.5 Å². The van der Waals surface area contributed by atoms with Crippen molar-refractivity contribution in [3.05, 3.63) is 42.2 Å². The number of carbonyl (C=O) groups is 2. The minimum atomic E-state index is -0.576. The molecule has 0 saturated carbocycles. The van der Waals surface area contributed by atoms with Crippen LogP contribution in [0.15, 0.2) is 41.0 Å². The Morgan fingerprint density at radius 2 is 2.07 bits per heavy atom. The van der Waals surface area contributed by atoms with Crippen molar-refractivity contribution < 1.29 is 23.3 Å². The van der Waals surface area contributed by atoms with E-state index in [1.165, 1.54) is 17.9 Å². The van der Waals surface area contributed by atoms with Gasteiger partial charge in [0.1, 0.15) is 23.0 Å². The van der Waals surface area contributed by atoms with Crippen LogP contribution < -0.4 is 10.2 Å². The Hall–Kier alpha value is -3.49. The molecular weight excluding hydrogens is 355 g/mol. The molecule has 1 fully saturated rings. The third-order valence-electron chi connectivity index (χ3n) is 4.28. The lowest BCUT2D eigenvalue weighted by molar-refractivity contribution is -0.119. The van der Waals surface area contributed by atoms with Crippen LogP contribution in [0.2, 0.25) is 0 Å². The fraction of sp³-hybridized carbons (Fsp3) is 0.222. The summed E-state index contributed by atoms with van der Waals surface area (Å²) in [5.41, 5.74) is 2.48. The summed E-state index contributed by atoms with van der Waals surface area (Å²) in [5.74, 6) is -0.694. The first-order valence-electron chi connectivity index (χ1n) is 8.26. The van der Waals surface area contributed by atoms with Gasteiger partial charge in [0.15, 0.2) is 0 Å². The average molecular weight is 370 g/mol. The lowest BCUT2D eigenvalue weighted by Gasteiger charge is -2.14. The summed E-state index contributed by atoms with van der Waals surface area (Å²) in [5, 5.41) is 10.1. The molecule has 0 radical (unpaired) electrons. The number of anilines is 1. The summed E-state index contributed by atoms with van der Waals surface area (Å²) in [4.78, 5) is 24.4. The normalized spacial score (nSPS) is 16.6. The number of hydrogen-bond donors (Lipinski definition) is 1. The highest BCUT2D eigenvalue weighted by molar-refractivity contribution is 5.90. The summed E-state index contributed by atoms with van der Waals surface area (Å²) in [6, 6.07) is 9.61. The summed E-state index contributed by atoms with van der Waals surface area (Å²) in [7, 11) is 0. The summed E-state index contributed by atoms with van der Waals surface area (Å²) < 4.78 is 24.5. The fourth-order valence-corrected chi connectivity index (χ4v) is 2.95. The van der Waals surface area contributed by atoms with Crippen LogP contribution in [0, 0.1) is 5.82 Å². The first-order chi connectivity index (χ1) is 13.0. The van der Waals surface area contributed by atoms with Gasteiger partial charge in [0, 0.05) is 12.5 Å². The molecule has 0 unspecified atom stereocenters. The van der Waals surface area contributed by atoms with Crippen LogP contribution in [-0.2, 0) is 9.53 Å². The molecule has 8 nitrogen and oxygen atoms in total. The van der Waals surface area contributed by atoms with E-state index in [-0.39, 0.29) is 19.0 Å². The maximum atomic E-state index is 14.7. The highest BCUT2D eigenvalue weighted by atomic mass is 19.1. The first-order valence-corrected chi connectivity index (χ1v) is 8.26. The second-order valence-electron chi connectivity index (χ2n) is 6.19. The van der Waals surface area contributed by atoms with Crippen LogP contribution in [0.25, 0.3) is 22.2 Å². The Kier molecular flexibility index (Phi) is 4.19. The molecule has 3 aromatic rings. The number of cyclic esters (lactones) is 1. The SMILES string of the molecule is CC(=O)NC[C@H]1CN(c2ccc(-c3ccc4nonc4c3)c(F)c2)C(=O)O1. The van der Waals surface area contributed by atoms with E-state index < -0.39 is 18.0 Å². The van der Waals surface area contributed by atoms with Gasteiger partial charge in [-0.1, -0.05) is 6.07 Å². The van der Waals surface area contributed by atoms with Crippen molar-refractivity contribution in [2.45, 2.75) is 13.0 Å². The van der Waals surface area contributed by atoms with E-state index in [1.807, 2.05) is 0 Å². The second kappa shape index (κ2) is 6.67. The summed E-state index contributed by atoms with van der Waals surface area (Å²) in [6.07, 6.45) is -1.06. The summed E-state index contributed by atoms with van der Waals surface area (Å²) >= 11 is 0. The van der Waals surface area contributed by atoms with E-state index >= 15 is 0 Å². The van der Waals surface area contributed by atoms with Crippen LogP contribution in [0.4, 0.5) is 14.9 Å². The smallest absolute Gasteiger partial charge is 0.414 e. The number of benzene rings is 2. The van der Waals surface area contributed by atoms with Gasteiger partial charge >= 0.3 is 6.09 Å². The number of fused-ring (bicyclic) bond motifs is 1. The number of nitrogens with one attached hydrogen (secondary N) is 1. The minimum absolute atomic E-state index is 0.209. The molecule has 1 aliphatic rings. The Labute approximate surface area is 152 Å². The lowest BCUT2D eigenvalue weighted by Crippen LogP contribution is -2.33. The first kappa shape index (κ1) is 17.0. The molecule has 1 aliphatic heterocycles. The zero-order valence-electron chi connectivity index (χ0n) is 14.3.